The van der Waals surface area contributed by atoms with E-state index in [9.17, 15) is 4.79 Å². The average Bonchev–Trinajstić information content (AvgIpc) is 2.48. The fraction of sp³-hybridized carbons (Fsp3) is 0.611. The van der Waals surface area contributed by atoms with Crippen molar-refractivity contribution in [2.45, 2.75) is 50.6 Å². The van der Waals surface area contributed by atoms with Gasteiger partial charge in [0.2, 0.25) is 0 Å². The highest BCUT2D eigenvalue weighted by Gasteiger charge is 2.36. The Balaban J connectivity index is 1.50. The first-order valence-corrected chi connectivity index (χ1v) is 8.27. The molecule has 21 heavy (non-hydrogen) atoms. The highest BCUT2D eigenvalue weighted by Crippen LogP contribution is 2.32. The normalized spacial score (nSPS) is 25.9. The molecule has 3 nitrogen and oxygen atoms in total. The van der Waals surface area contributed by atoms with Gasteiger partial charge in [0, 0.05) is 50.7 Å². The number of fused-ring (bicyclic) bond motifs is 2. The third kappa shape index (κ3) is 3.46. The summed E-state index contributed by atoms with van der Waals surface area (Å²) in [7, 11) is 2.16. The lowest BCUT2D eigenvalue weighted by molar-refractivity contribution is -0.127. The Bertz CT molecular complexity index is 457. The number of hydrogen-bond donors (Lipinski definition) is 0. The van der Waals surface area contributed by atoms with Crippen LogP contribution in [0.4, 0.5) is 5.69 Å². The zero-order valence-electron chi connectivity index (χ0n) is 13.0. The molecule has 2 heterocycles. The first-order chi connectivity index (χ1) is 10.2. The Labute approximate surface area is 127 Å². The summed E-state index contributed by atoms with van der Waals surface area (Å²) < 4.78 is 0. The summed E-state index contributed by atoms with van der Waals surface area (Å²) in [5, 5.41) is 0. The number of Topliss-reactive ketones (excluding diaryl/α,β-unsaturated/α-hetero) is 1. The standard InChI is InChI=1S/C18H26N2O/c1-19(15-7-3-2-4-8-15)11-6-12-20-16-9-5-10-17(20)14-18(21)13-16/h2-4,7-8,16-17H,5-6,9-14H2,1H3. The molecule has 2 fully saturated rings. The van der Waals surface area contributed by atoms with Crippen LogP contribution in [0.1, 0.15) is 38.5 Å². The molecule has 2 aliphatic rings. The number of rotatable bonds is 5. The van der Waals surface area contributed by atoms with Crippen LogP contribution in [-0.4, -0.2) is 42.9 Å². The molecule has 0 spiro atoms. The van der Waals surface area contributed by atoms with E-state index in [0.29, 0.717) is 17.9 Å². The lowest BCUT2D eigenvalue weighted by Gasteiger charge is -2.45. The molecule has 0 aliphatic carbocycles. The maximum Gasteiger partial charge on any atom is 0.136 e. The maximum atomic E-state index is 11.8. The predicted molar refractivity (Wildman–Crippen MR) is 86.7 cm³/mol. The molecular formula is C18H26N2O. The largest absolute Gasteiger partial charge is 0.375 e. The van der Waals surface area contributed by atoms with E-state index in [0.717, 1.165) is 25.9 Å². The van der Waals surface area contributed by atoms with Gasteiger partial charge in [0.1, 0.15) is 5.78 Å². The van der Waals surface area contributed by atoms with Crippen LogP contribution in [0.25, 0.3) is 0 Å². The van der Waals surface area contributed by atoms with Crippen LogP contribution in [0.5, 0.6) is 0 Å². The van der Waals surface area contributed by atoms with E-state index in [-0.39, 0.29) is 0 Å². The van der Waals surface area contributed by atoms with Crippen molar-refractivity contribution >= 4 is 11.5 Å². The van der Waals surface area contributed by atoms with Crippen LogP contribution in [0, 0.1) is 0 Å². The third-order valence-electron chi connectivity index (χ3n) is 5.05. The van der Waals surface area contributed by atoms with Crippen molar-refractivity contribution in [1.82, 2.24) is 4.90 Å². The minimum atomic E-state index is 0.488. The summed E-state index contributed by atoms with van der Waals surface area (Å²) in [6.45, 7) is 2.22. The number of nitrogens with zero attached hydrogens (tertiary/aromatic N) is 2. The molecule has 2 unspecified atom stereocenters. The second kappa shape index (κ2) is 6.61. The first-order valence-electron chi connectivity index (χ1n) is 8.27. The Hall–Kier alpha value is -1.35. The quantitative estimate of drug-likeness (QED) is 0.831. The number of carbonyl (C=O) groups is 1. The van der Waals surface area contributed by atoms with Gasteiger partial charge in [-0.1, -0.05) is 24.6 Å². The van der Waals surface area contributed by atoms with E-state index in [4.69, 9.17) is 0 Å². The predicted octanol–water partition coefficient (Wildman–Crippen LogP) is 3.10. The van der Waals surface area contributed by atoms with Crippen LogP contribution >= 0.6 is 0 Å². The lowest BCUT2D eigenvalue weighted by Crippen LogP contribution is -2.52. The number of piperidine rings is 2. The minimum Gasteiger partial charge on any atom is -0.375 e. The summed E-state index contributed by atoms with van der Waals surface area (Å²) in [6.07, 6.45) is 6.51. The molecule has 0 amide bonds. The zero-order valence-corrected chi connectivity index (χ0v) is 13.0. The van der Waals surface area contributed by atoms with E-state index < -0.39 is 0 Å². The highest BCUT2D eigenvalue weighted by molar-refractivity contribution is 5.80. The van der Waals surface area contributed by atoms with E-state index in [1.807, 2.05) is 0 Å². The summed E-state index contributed by atoms with van der Waals surface area (Å²) >= 11 is 0. The van der Waals surface area contributed by atoms with E-state index in [1.165, 1.54) is 31.4 Å². The smallest absolute Gasteiger partial charge is 0.136 e. The lowest BCUT2D eigenvalue weighted by atomic mass is 9.83. The second-order valence-corrected chi connectivity index (χ2v) is 6.53. The summed E-state index contributed by atoms with van der Waals surface area (Å²) in [5.41, 5.74) is 1.28. The van der Waals surface area contributed by atoms with Crippen molar-refractivity contribution in [2.75, 3.05) is 25.0 Å². The molecule has 1 aromatic rings. The Morgan fingerprint density at radius 1 is 1.14 bits per heavy atom. The molecule has 0 saturated carbocycles. The van der Waals surface area contributed by atoms with Crippen LogP contribution in [0.2, 0.25) is 0 Å². The van der Waals surface area contributed by atoms with Gasteiger partial charge in [0.25, 0.3) is 0 Å². The zero-order chi connectivity index (χ0) is 14.7. The van der Waals surface area contributed by atoms with Crippen LogP contribution < -0.4 is 4.90 Å². The second-order valence-electron chi connectivity index (χ2n) is 6.53. The van der Waals surface area contributed by atoms with Gasteiger partial charge in [-0.15, -0.1) is 0 Å². The van der Waals surface area contributed by atoms with Crippen LogP contribution in [-0.2, 0) is 4.79 Å². The molecular weight excluding hydrogens is 260 g/mol. The summed E-state index contributed by atoms with van der Waals surface area (Å²) in [5.74, 6) is 0.488. The number of benzene rings is 1. The molecule has 2 saturated heterocycles. The van der Waals surface area contributed by atoms with Crippen LogP contribution in [0.3, 0.4) is 0 Å². The van der Waals surface area contributed by atoms with Gasteiger partial charge in [-0.05, 0) is 31.4 Å². The average molecular weight is 286 g/mol. The van der Waals surface area contributed by atoms with Crippen LogP contribution in [0.15, 0.2) is 30.3 Å². The van der Waals surface area contributed by atoms with Gasteiger partial charge in [-0.3, -0.25) is 9.69 Å². The molecule has 3 heteroatoms. The van der Waals surface area contributed by atoms with Crippen molar-refractivity contribution in [3.8, 4) is 0 Å². The minimum absolute atomic E-state index is 0.488. The van der Waals surface area contributed by atoms with Crippen molar-refractivity contribution in [2.24, 2.45) is 0 Å². The summed E-state index contributed by atoms with van der Waals surface area (Å²) in [6, 6.07) is 11.6. The Morgan fingerprint density at radius 3 is 2.48 bits per heavy atom. The molecule has 0 aromatic heterocycles. The van der Waals surface area contributed by atoms with Gasteiger partial charge in [0.05, 0.1) is 0 Å². The highest BCUT2D eigenvalue weighted by atomic mass is 16.1. The van der Waals surface area contributed by atoms with Gasteiger partial charge < -0.3 is 4.90 Å². The Kier molecular flexibility index (Phi) is 4.59. The fourth-order valence-electron chi connectivity index (χ4n) is 3.93. The molecule has 0 radical (unpaired) electrons. The molecule has 3 rings (SSSR count). The van der Waals surface area contributed by atoms with Crippen molar-refractivity contribution in [3.63, 3.8) is 0 Å². The Morgan fingerprint density at radius 2 is 1.81 bits per heavy atom. The number of anilines is 1. The van der Waals surface area contributed by atoms with E-state index in [2.05, 4.69) is 47.2 Å². The topological polar surface area (TPSA) is 23.6 Å². The number of ketones is 1. The van der Waals surface area contributed by atoms with Gasteiger partial charge >= 0.3 is 0 Å². The van der Waals surface area contributed by atoms with Crippen molar-refractivity contribution in [1.29, 1.82) is 0 Å². The van der Waals surface area contributed by atoms with Gasteiger partial charge in [0.15, 0.2) is 0 Å². The SMILES string of the molecule is CN(CCCN1C2CCCC1CC(=O)C2)c1ccccc1. The fourth-order valence-corrected chi connectivity index (χ4v) is 3.93. The first kappa shape index (κ1) is 14.6. The van der Waals surface area contributed by atoms with Crippen molar-refractivity contribution < 1.29 is 4.79 Å². The number of hydrogen-bond acceptors (Lipinski definition) is 3. The molecule has 1 aromatic carbocycles. The molecule has 114 valence electrons. The van der Waals surface area contributed by atoms with Crippen molar-refractivity contribution in [3.05, 3.63) is 30.3 Å². The molecule has 2 bridgehead atoms. The van der Waals surface area contributed by atoms with E-state index >= 15 is 0 Å². The molecule has 2 aliphatic heterocycles. The number of carbonyl (C=O) groups excluding carboxylic acids is 1. The van der Waals surface area contributed by atoms with Gasteiger partial charge in [-0.2, -0.15) is 0 Å². The number of para-hydroxylation sites is 1. The monoisotopic (exact) mass is 286 g/mol. The maximum absolute atomic E-state index is 11.8. The third-order valence-corrected chi connectivity index (χ3v) is 5.05. The van der Waals surface area contributed by atoms with E-state index in [1.54, 1.807) is 0 Å². The van der Waals surface area contributed by atoms with Gasteiger partial charge in [-0.25, -0.2) is 0 Å². The molecule has 2 atom stereocenters. The molecule has 0 N–H and O–H groups in total. The summed E-state index contributed by atoms with van der Waals surface area (Å²) in [4.78, 5) is 16.7.